The molecule has 1 N–H and O–H groups in total. The number of carbonyl (C=O) groups is 1. The highest BCUT2D eigenvalue weighted by atomic mass is 79.9. The summed E-state index contributed by atoms with van der Waals surface area (Å²) in [5.41, 5.74) is 4.33. The van der Waals surface area contributed by atoms with Gasteiger partial charge in [-0.1, -0.05) is 79.7 Å². The number of ether oxygens (including phenoxy) is 1. The summed E-state index contributed by atoms with van der Waals surface area (Å²) >= 11 is 5.04. The van der Waals surface area contributed by atoms with Gasteiger partial charge in [0.15, 0.2) is 5.16 Å². The zero-order chi connectivity index (χ0) is 26.9. The second kappa shape index (κ2) is 13.8. The number of rotatable bonds is 13. The number of anilines is 1. The maximum atomic E-state index is 12.7. The van der Waals surface area contributed by atoms with Gasteiger partial charge in [0, 0.05) is 23.1 Å². The van der Waals surface area contributed by atoms with Gasteiger partial charge in [0.25, 0.3) is 0 Å². The van der Waals surface area contributed by atoms with E-state index in [1.165, 1.54) is 17.3 Å². The lowest BCUT2D eigenvalue weighted by atomic mass is 10.0. The van der Waals surface area contributed by atoms with Crippen LogP contribution in [0.1, 0.15) is 68.5 Å². The number of hydrogen-bond donors (Lipinski definition) is 1. The zero-order valence-electron chi connectivity index (χ0n) is 22.4. The first-order chi connectivity index (χ1) is 17.7. The van der Waals surface area contributed by atoms with E-state index >= 15 is 0 Å². The second-order valence-electron chi connectivity index (χ2n) is 9.62. The first kappa shape index (κ1) is 29.0. The number of aromatic nitrogens is 3. The number of thioether (sulfide) groups is 1. The summed E-state index contributed by atoms with van der Waals surface area (Å²) in [6.45, 7) is 15.7. The van der Waals surface area contributed by atoms with Crippen molar-refractivity contribution < 1.29 is 9.53 Å². The Balaban J connectivity index is 1.57. The standard InChI is InChI=1S/C29H37BrN4O2S/c1-7-14-34-27(13-10-15-36-26-17-23(20(4)5)24(30)16-21(26)6)32-33-29(34)37-18-28(35)31-25-12-9-8-11-22(25)19(2)3/h7-9,11-12,16-17,19-20H,1,10,13-15,18H2,2-6H3,(H,31,35). The molecule has 3 aromatic rings. The molecule has 1 aromatic heterocycles. The molecule has 3 rings (SSSR count). The minimum absolute atomic E-state index is 0.0631. The number of carbonyl (C=O) groups excluding carboxylic acids is 1. The lowest BCUT2D eigenvalue weighted by Gasteiger charge is -2.15. The Labute approximate surface area is 233 Å². The third kappa shape index (κ3) is 7.95. The molecule has 8 heteroatoms. The van der Waals surface area contributed by atoms with Crippen LogP contribution in [0.25, 0.3) is 0 Å². The van der Waals surface area contributed by atoms with E-state index in [1.807, 2.05) is 34.9 Å². The van der Waals surface area contributed by atoms with Gasteiger partial charge in [-0.25, -0.2) is 0 Å². The summed E-state index contributed by atoms with van der Waals surface area (Å²) in [5, 5.41) is 12.5. The molecule has 198 valence electrons. The first-order valence-corrected chi connectivity index (χ1v) is 14.5. The fourth-order valence-corrected chi connectivity index (χ4v) is 5.72. The number of aryl methyl sites for hydroxylation is 2. The molecule has 0 radical (unpaired) electrons. The molecule has 0 saturated heterocycles. The minimum atomic E-state index is -0.0631. The van der Waals surface area contributed by atoms with Crippen molar-refractivity contribution in [2.45, 2.75) is 71.0 Å². The summed E-state index contributed by atoms with van der Waals surface area (Å²) < 4.78 is 9.26. The van der Waals surface area contributed by atoms with Gasteiger partial charge in [-0.05, 0) is 60.1 Å². The predicted molar refractivity (Wildman–Crippen MR) is 157 cm³/mol. The molecule has 37 heavy (non-hydrogen) atoms. The summed E-state index contributed by atoms with van der Waals surface area (Å²) in [7, 11) is 0. The van der Waals surface area contributed by atoms with E-state index in [0.717, 1.165) is 45.7 Å². The number of nitrogens with one attached hydrogen (secondary N) is 1. The number of benzene rings is 2. The van der Waals surface area contributed by atoms with Crippen molar-refractivity contribution in [2.24, 2.45) is 0 Å². The maximum absolute atomic E-state index is 12.7. The van der Waals surface area contributed by atoms with Crippen molar-refractivity contribution in [1.82, 2.24) is 14.8 Å². The molecular formula is C29H37BrN4O2S. The highest BCUT2D eigenvalue weighted by molar-refractivity contribution is 9.10. The highest BCUT2D eigenvalue weighted by Crippen LogP contribution is 2.32. The van der Waals surface area contributed by atoms with Crippen LogP contribution in [0.5, 0.6) is 5.75 Å². The lowest BCUT2D eigenvalue weighted by molar-refractivity contribution is -0.113. The molecule has 0 unspecified atom stereocenters. The SMILES string of the molecule is C=CCn1c(CCCOc2cc(C(C)C)c(Br)cc2C)nnc1SCC(=O)Nc1ccccc1C(C)C. The quantitative estimate of drug-likeness (QED) is 0.128. The van der Waals surface area contributed by atoms with E-state index in [0.29, 0.717) is 30.1 Å². The van der Waals surface area contributed by atoms with Crippen LogP contribution >= 0.6 is 27.7 Å². The predicted octanol–water partition coefficient (Wildman–Crippen LogP) is 7.52. The lowest BCUT2D eigenvalue weighted by Crippen LogP contribution is -2.16. The highest BCUT2D eigenvalue weighted by Gasteiger charge is 2.15. The van der Waals surface area contributed by atoms with Crippen LogP contribution < -0.4 is 10.1 Å². The van der Waals surface area contributed by atoms with Gasteiger partial charge in [-0.15, -0.1) is 16.8 Å². The van der Waals surface area contributed by atoms with Gasteiger partial charge >= 0.3 is 0 Å². The molecule has 0 atom stereocenters. The van der Waals surface area contributed by atoms with Gasteiger partial charge in [-0.2, -0.15) is 0 Å². The van der Waals surface area contributed by atoms with Gasteiger partial charge in [0.1, 0.15) is 11.6 Å². The normalized spacial score (nSPS) is 11.2. The molecule has 1 amide bonds. The first-order valence-electron chi connectivity index (χ1n) is 12.7. The van der Waals surface area contributed by atoms with Crippen molar-refractivity contribution in [3.8, 4) is 5.75 Å². The van der Waals surface area contributed by atoms with E-state index in [4.69, 9.17) is 4.74 Å². The number of halogens is 1. The maximum Gasteiger partial charge on any atom is 0.234 e. The molecule has 1 heterocycles. The zero-order valence-corrected chi connectivity index (χ0v) is 24.8. The largest absolute Gasteiger partial charge is 0.493 e. The summed E-state index contributed by atoms with van der Waals surface area (Å²) in [5.74, 6) is 2.72. The Hall–Kier alpha value is -2.58. The molecule has 0 saturated carbocycles. The van der Waals surface area contributed by atoms with E-state index in [1.54, 1.807) is 0 Å². The van der Waals surface area contributed by atoms with Crippen molar-refractivity contribution >= 4 is 39.3 Å². The van der Waals surface area contributed by atoms with Crippen LogP contribution in [-0.2, 0) is 17.8 Å². The number of allylic oxidation sites excluding steroid dienone is 1. The van der Waals surface area contributed by atoms with Crippen LogP contribution in [0.2, 0.25) is 0 Å². The van der Waals surface area contributed by atoms with E-state index in [9.17, 15) is 4.79 Å². The van der Waals surface area contributed by atoms with E-state index < -0.39 is 0 Å². The topological polar surface area (TPSA) is 69.0 Å². The third-order valence-electron chi connectivity index (χ3n) is 6.01. The van der Waals surface area contributed by atoms with Crippen LogP contribution in [0.3, 0.4) is 0 Å². The van der Waals surface area contributed by atoms with E-state index in [-0.39, 0.29) is 11.7 Å². The Morgan fingerprint density at radius 2 is 1.89 bits per heavy atom. The van der Waals surface area contributed by atoms with E-state index in [2.05, 4.69) is 84.8 Å². The molecule has 6 nitrogen and oxygen atoms in total. The number of amides is 1. The van der Waals surface area contributed by atoms with Crippen LogP contribution in [0.4, 0.5) is 5.69 Å². The van der Waals surface area contributed by atoms with Crippen molar-refractivity contribution in [3.63, 3.8) is 0 Å². The molecule has 0 aliphatic heterocycles. The molecule has 0 spiro atoms. The fourth-order valence-electron chi connectivity index (χ4n) is 4.03. The molecule has 0 aliphatic carbocycles. The van der Waals surface area contributed by atoms with Crippen molar-refractivity contribution in [1.29, 1.82) is 0 Å². The number of nitrogens with zero attached hydrogens (tertiary/aromatic N) is 3. The average Bonchev–Trinajstić information content (AvgIpc) is 3.23. The Morgan fingerprint density at radius 1 is 1.16 bits per heavy atom. The Bertz CT molecular complexity index is 1220. The van der Waals surface area contributed by atoms with Crippen molar-refractivity contribution in [2.75, 3.05) is 17.7 Å². The Morgan fingerprint density at radius 3 is 2.59 bits per heavy atom. The summed E-state index contributed by atoms with van der Waals surface area (Å²) in [6.07, 6.45) is 3.35. The molecular weight excluding hydrogens is 548 g/mol. The van der Waals surface area contributed by atoms with Crippen LogP contribution in [0.15, 0.2) is 58.7 Å². The monoisotopic (exact) mass is 584 g/mol. The molecule has 0 fully saturated rings. The van der Waals surface area contributed by atoms with Crippen LogP contribution in [-0.4, -0.2) is 33.0 Å². The number of para-hydroxylation sites is 1. The molecule has 2 aromatic carbocycles. The van der Waals surface area contributed by atoms with Gasteiger partial charge in [0.05, 0.1) is 12.4 Å². The Kier molecular flexibility index (Phi) is 10.8. The molecule has 0 aliphatic rings. The summed E-state index contributed by atoms with van der Waals surface area (Å²) in [4.78, 5) is 12.7. The minimum Gasteiger partial charge on any atom is -0.493 e. The van der Waals surface area contributed by atoms with Gasteiger partial charge in [0.2, 0.25) is 5.91 Å². The van der Waals surface area contributed by atoms with Crippen LogP contribution in [0, 0.1) is 6.92 Å². The van der Waals surface area contributed by atoms with Crippen molar-refractivity contribution in [3.05, 3.63) is 76.0 Å². The smallest absolute Gasteiger partial charge is 0.234 e. The second-order valence-corrected chi connectivity index (χ2v) is 11.4. The fraction of sp³-hybridized carbons (Fsp3) is 0.414. The third-order valence-corrected chi connectivity index (χ3v) is 7.67. The average molecular weight is 586 g/mol. The van der Waals surface area contributed by atoms with Gasteiger partial charge in [-0.3, -0.25) is 4.79 Å². The van der Waals surface area contributed by atoms with Gasteiger partial charge < -0.3 is 14.6 Å². The summed E-state index contributed by atoms with van der Waals surface area (Å²) in [6, 6.07) is 12.2. The number of hydrogen-bond acceptors (Lipinski definition) is 5. The molecule has 0 bridgehead atoms.